The Hall–Kier alpha value is -2.93. The molecule has 0 spiro atoms. The van der Waals surface area contributed by atoms with Gasteiger partial charge in [-0.1, -0.05) is 0 Å². The van der Waals surface area contributed by atoms with E-state index in [9.17, 15) is 21.4 Å². The molecule has 0 saturated heterocycles. The normalized spacial score (nSPS) is 12.0. The molecule has 31 heavy (non-hydrogen) atoms. The lowest BCUT2D eigenvalue weighted by atomic mass is 10.2. The van der Waals surface area contributed by atoms with Crippen LogP contribution in [-0.4, -0.2) is 28.5 Å². The number of aromatic nitrogens is 6. The number of halogens is 6. The van der Waals surface area contributed by atoms with Gasteiger partial charge in [0.05, 0.1) is 5.39 Å². The Bertz CT molecular complexity index is 1270. The quantitative estimate of drug-likeness (QED) is 0.298. The monoisotopic (exact) mass is 476 g/mol. The number of pyridine rings is 1. The highest BCUT2D eigenvalue weighted by Gasteiger charge is 2.35. The molecule has 0 atom stereocenters. The predicted molar refractivity (Wildman–Crippen MR) is 102 cm³/mol. The zero-order valence-electron chi connectivity index (χ0n) is 15.4. The van der Waals surface area contributed by atoms with Crippen LogP contribution in [0, 0.1) is 5.82 Å². The number of aryl methyl sites for hydroxylation is 1. The van der Waals surface area contributed by atoms with Gasteiger partial charge in [0.25, 0.3) is 0 Å². The van der Waals surface area contributed by atoms with Crippen molar-refractivity contribution in [3.63, 3.8) is 0 Å². The Balaban J connectivity index is 1.58. The van der Waals surface area contributed by atoms with Crippen LogP contribution in [0.2, 0.25) is 5.28 Å². The summed E-state index contributed by atoms with van der Waals surface area (Å²) < 4.78 is 73.7. The van der Waals surface area contributed by atoms with E-state index in [2.05, 4.69) is 19.9 Å². The minimum atomic E-state index is -4.66. The summed E-state index contributed by atoms with van der Waals surface area (Å²) in [6.07, 6.45) is -1.27. The van der Waals surface area contributed by atoms with Crippen LogP contribution in [0.4, 0.5) is 21.4 Å². The maximum absolute atomic E-state index is 14.6. The molecule has 0 bridgehead atoms. The standard InChI is InChI=1S/C17H10ClF5N6OS/c1-28-6-11(17(20,21)22)25-14(28)12-10(19)4-8(5-24-12)7-30-15-9-2-3-29(31-23)13(9)26-16(18)27-15/h2-6H,7H2,1H3. The van der Waals surface area contributed by atoms with Crippen molar-refractivity contribution < 1.29 is 26.2 Å². The predicted octanol–water partition coefficient (Wildman–Crippen LogP) is 5.00. The largest absolute Gasteiger partial charge is 0.472 e. The van der Waals surface area contributed by atoms with Gasteiger partial charge < -0.3 is 9.30 Å². The molecule has 7 nitrogen and oxygen atoms in total. The third kappa shape index (κ3) is 4.14. The zero-order chi connectivity index (χ0) is 22.3. The van der Waals surface area contributed by atoms with Crippen LogP contribution in [0.3, 0.4) is 0 Å². The smallest absolute Gasteiger partial charge is 0.434 e. The van der Waals surface area contributed by atoms with Gasteiger partial charge in [0.15, 0.2) is 35.3 Å². The Kier molecular flexibility index (Phi) is 5.47. The molecule has 4 aromatic heterocycles. The molecule has 0 aliphatic carbocycles. The number of alkyl halides is 3. The summed E-state index contributed by atoms with van der Waals surface area (Å²) in [5.41, 5.74) is -1.03. The van der Waals surface area contributed by atoms with Gasteiger partial charge in [-0.25, -0.2) is 18.3 Å². The molecule has 0 N–H and O–H groups in total. The van der Waals surface area contributed by atoms with Crippen LogP contribution < -0.4 is 4.74 Å². The molecule has 0 saturated carbocycles. The third-order valence-electron chi connectivity index (χ3n) is 4.17. The van der Waals surface area contributed by atoms with Gasteiger partial charge in [0.2, 0.25) is 11.2 Å². The SMILES string of the molecule is Cn1cc(C(F)(F)F)nc1-c1ncc(COc2nc(Cl)nc3c2ccn3SF)cc1F. The van der Waals surface area contributed by atoms with Crippen molar-refractivity contribution in [2.75, 3.05) is 0 Å². The van der Waals surface area contributed by atoms with Crippen LogP contribution in [0.15, 0.2) is 30.7 Å². The van der Waals surface area contributed by atoms with E-state index in [1.807, 2.05) is 0 Å². The van der Waals surface area contributed by atoms with Gasteiger partial charge in [-0.15, -0.1) is 3.89 Å². The first-order valence-electron chi connectivity index (χ1n) is 8.39. The van der Waals surface area contributed by atoms with Crippen molar-refractivity contribution in [3.05, 3.63) is 53.1 Å². The first kappa shape index (κ1) is 21.3. The van der Waals surface area contributed by atoms with Gasteiger partial charge in [-0.05, 0) is 23.7 Å². The molecule has 4 aromatic rings. The fourth-order valence-electron chi connectivity index (χ4n) is 2.80. The highest BCUT2D eigenvalue weighted by atomic mass is 35.5. The first-order valence-corrected chi connectivity index (χ1v) is 9.44. The molecule has 0 aliphatic rings. The van der Waals surface area contributed by atoms with Crippen molar-refractivity contribution in [3.8, 4) is 17.4 Å². The van der Waals surface area contributed by atoms with E-state index in [-0.39, 0.29) is 52.8 Å². The van der Waals surface area contributed by atoms with E-state index in [0.29, 0.717) is 5.39 Å². The summed E-state index contributed by atoms with van der Waals surface area (Å²) in [6.45, 7) is -0.186. The average Bonchev–Trinajstić information content (AvgIpc) is 3.29. The second-order valence-corrected chi connectivity index (χ2v) is 7.14. The zero-order valence-corrected chi connectivity index (χ0v) is 16.9. The number of imidazole rings is 1. The van der Waals surface area contributed by atoms with E-state index < -0.39 is 17.7 Å². The summed E-state index contributed by atoms with van der Waals surface area (Å²) in [7, 11) is 1.31. The van der Waals surface area contributed by atoms with Crippen LogP contribution in [-0.2, 0) is 19.8 Å². The topological polar surface area (TPSA) is 70.7 Å². The highest BCUT2D eigenvalue weighted by molar-refractivity contribution is 7.92. The van der Waals surface area contributed by atoms with Crippen LogP contribution in [0.25, 0.3) is 22.6 Å². The second kappa shape index (κ2) is 7.96. The molecule has 14 heteroatoms. The molecule has 162 valence electrons. The van der Waals surface area contributed by atoms with E-state index >= 15 is 0 Å². The van der Waals surface area contributed by atoms with Crippen LogP contribution >= 0.6 is 23.9 Å². The van der Waals surface area contributed by atoms with Gasteiger partial charge in [0.1, 0.15) is 12.3 Å². The Morgan fingerprint density at radius 2 is 2.00 bits per heavy atom. The minimum absolute atomic E-state index is 0.0474. The van der Waals surface area contributed by atoms with E-state index in [1.165, 1.54) is 25.5 Å². The summed E-state index contributed by atoms with van der Waals surface area (Å²) in [6, 6.07) is 2.58. The number of hydrogen-bond acceptors (Lipinski definition) is 6. The number of hydrogen-bond donors (Lipinski definition) is 0. The van der Waals surface area contributed by atoms with Gasteiger partial charge in [-0.2, -0.15) is 23.1 Å². The fourth-order valence-corrected chi connectivity index (χ4v) is 3.27. The lowest BCUT2D eigenvalue weighted by Crippen LogP contribution is -2.05. The number of ether oxygens (including phenoxy) is 1. The molecule has 0 fully saturated rings. The van der Waals surface area contributed by atoms with Gasteiger partial charge >= 0.3 is 6.18 Å². The van der Waals surface area contributed by atoms with Gasteiger partial charge in [0, 0.05) is 31.2 Å². The summed E-state index contributed by atoms with van der Waals surface area (Å²) in [5, 5.41) is 0.207. The first-order chi connectivity index (χ1) is 14.7. The molecule has 0 radical (unpaired) electrons. The maximum atomic E-state index is 14.6. The molecule has 0 aromatic carbocycles. The van der Waals surface area contributed by atoms with Gasteiger partial charge in [-0.3, -0.25) is 0 Å². The minimum Gasteiger partial charge on any atom is -0.472 e. The van der Waals surface area contributed by atoms with Crippen molar-refractivity contribution >= 4 is 35.0 Å². The summed E-state index contributed by atoms with van der Waals surface area (Å²) in [4.78, 5) is 15.2. The third-order valence-corrected chi connectivity index (χ3v) is 4.79. The number of rotatable bonds is 5. The molecular formula is C17H10ClF5N6OS. The molecule has 0 unspecified atom stereocenters. The summed E-state index contributed by atoms with van der Waals surface area (Å²) >= 11 is 5.76. The summed E-state index contributed by atoms with van der Waals surface area (Å²) in [5.74, 6) is -1.10. The van der Waals surface area contributed by atoms with E-state index in [4.69, 9.17) is 16.3 Å². The second-order valence-electron chi connectivity index (χ2n) is 6.27. The molecule has 0 aliphatic heterocycles. The van der Waals surface area contributed by atoms with Crippen molar-refractivity contribution in [1.82, 2.24) is 28.5 Å². The maximum Gasteiger partial charge on any atom is 0.434 e. The average molecular weight is 477 g/mol. The molecule has 0 amide bonds. The number of fused-ring (bicyclic) bond motifs is 1. The van der Waals surface area contributed by atoms with Crippen molar-refractivity contribution in [2.24, 2.45) is 7.05 Å². The molecule has 4 rings (SSSR count). The van der Waals surface area contributed by atoms with E-state index in [1.54, 1.807) is 0 Å². The Labute approximate surface area is 180 Å². The molecular weight excluding hydrogens is 467 g/mol. The van der Waals surface area contributed by atoms with Crippen LogP contribution in [0.1, 0.15) is 11.3 Å². The van der Waals surface area contributed by atoms with Crippen molar-refractivity contribution in [2.45, 2.75) is 12.8 Å². The lowest BCUT2D eigenvalue weighted by molar-refractivity contribution is -0.140. The Morgan fingerprint density at radius 3 is 2.65 bits per heavy atom. The fraction of sp³-hybridized carbons (Fsp3) is 0.176. The van der Waals surface area contributed by atoms with E-state index in [0.717, 1.165) is 20.8 Å². The lowest BCUT2D eigenvalue weighted by Gasteiger charge is -2.08. The molecule has 4 heterocycles. The van der Waals surface area contributed by atoms with Crippen molar-refractivity contribution in [1.29, 1.82) is 0 Å². The highest BCUT2D eigenvalue weighted by Crippen LogP contribution is 2.31. The van der Waals surface area contributed by atoms with Crippen LogP contribution in [0.5, 0.6) is 5.88 Å². The number of nitrogens with zero attached hydrogens (tertiary/aromatic N) is 6. The Morgan fingerprint density at radius 1 is 1.23 bits per heavy atom.